The monoisotopic (exact) mass is 284 g/mol. The van der Waals surface area contributed by atoms with E-state index >= 15 is 0 Å². The van der Waals surface area contributed by atoms with E-state index in [1.54, 1.807) is 6.92 Å². The fourth-order valence-corrected chi connectivity index (χ4v) is 1.66. The summed E-state index contributed by atoms with van der Waals surface area (Å²) in [5, 5.41) is 23.7. The Labute approximate surface area is 115 Å². The first kappa shape index (κ1) is 14.7. The van der Waals surface area contributed by atoms with Crippen LogP contribution in [0.15, 0.2) is 18.2 Å². The Morgan fingerprint density at radius 2 is 2.30 bits per heavy atom. The van der Waals surface area contributed by atoms with Gasteiger partial charge in [-0.15, -0.1) is 0 Å². The van der Waals surface area contributed by atoms with E-state index in [0.29, 0.717) is 12.6 Å². The summed E-state index contributed by atoms with van der Waals surface area (Å²) in [7, 11) is 0. The molecule has 20 heavy (non-hydrogen) atoms. The molecular weight excluding hydrogens is 267 g/mol. The minimum atomic E-state index is -1.13. The van der Waals surface area contributed by atoms with Gasteiger partial charge in [0.1, 0.15) is 12.2 Å². The molecule has 0 saturated heterocycles. The Morgan fingerprint density at radius 1 is 1.60 bits per heavy atom. The lowest BCUT2D eigenvalue weighted by Crippen LogP contribution is -2.43. The summed E-state index contributed by atoms with van der Waals surface area (Å²) < 4.78 is 18.8. The molecule has 0 aliphatic heterocycles. The van der Waals surface area contributed by atoms with E-state index in [2.05, 4.69) is 5.32 Å². The molecule has 1 fully saturated rings. The molecule has 0 amide bonds. The number of nitrogens with one attached hydrogen (secondary N) is 1. The van der Waals surface area contributed by atoms with Crippen LogP contribution in [0.25, 0.3) is 0 Å². The number of non-ortho nitro benzene ring substituents is 1. The number of hydrogen-bond acceptors (Lipinski definition) is 5. The van der Waals surface area contributed by atoms with Gasteiger partial charge in [-0.05, 0) is 25.8 Å². The van der Waals surface area contributed by atoms with Crippen molar-refractivity contribution in [3.63, 3.8) is 0 Å². The van der Waals surface area contributed by atoms with Crippen LogP contribution in [-0.2, 0) is 0 Å². The fraction of sp³-hybridized carbons (Fsp3) is 0.538. The standard InChI is InChI=1S/C13H17FN2O4/c1-13(17,7-15-9-2-3-9)8-20-12-5-4-10(16(18)19)6-11(12)14/h4-6,9,15,17H,2-3,7-8H2,1H3. The van der Waals surface area contributed by atoms with Gasteiger partial charge in [-0.25, -0.2) is 4.39 Å². The maximum atomic E-state index is 13.6. The minimum absolute atomic E-state index is 0.0958. The molecule has 0 bridgehead atoms. The van der Waals surface area contributed by atoms with Gasteiger partial charge in [0.2, 0.25) is 0 Å². The van der Waals surface area contributed by atoms with Crippen molar-refractivity contribution >= 4 is 5.69 Å². The van der Waals surface area contributed by atoms with Crippen LogP contribution in [0, 0.1) is 15.9 Å². The first-order chi connectivity index (χ1) is 9.37. The van der Waals surface area contributed by atoms with Gasteiger partial charge in [-0.2, -0.15) is 0 Å². The zero-order valence-corrected chi connectivity index (χ0v) is 11.1. The second-order valence-electron chi connectivity index (χ2n) is 5.31. The van der Waals surface area contributed by atoms with Crippen LogP contribution >= 0.6 is 0 Å². The molecule has 0 aromatic heterocycles. The van der Waals surface area contributed by atoms with E-state index in [-0.39, 0.29) is 18.0 Å². The van der Waals surface area contributed by atoms with Gasteiger partial charge in [0.25, 0.3) is 5.69 Å². The Kier molecular flexibility index (Phi) is 4.20. The number of hydrogen-bond donors (Lipinski definition) is 2. The van der Waals surface area contributed by atoms with Crippen molar-refractivity contribution in [2.75, 3.05) is 13.2 Å². The van der Waals surface area contributed by atoms with Gasteiger partial charge < -0.3 is 15.2 Å². The van der Waals surface area contributed by atoms with Gasteiger partial charge >= 0.3 is 0 Å². The lowest BCUT2D eigenvalue weighted by Gasteiger charge is -2.24. The molecule has 1 aromatic rings. The molecule has 110 valence electrons. The summed E-state index contributed by atoms with van der Waals surface area (Å²) in [5.74, 6) is -0.924. The zero-order chi connectivity index (χ0) is 14.8. The van der Waals surface area contributed by atoms with Crippen LogP contribution in [0.1, 0.15) is 19.8 Å². The van der Waals surface area contributed by atoms with E-state index in [9.17, 15) is 19.6 Å². The molecule has 6 nitrogen and oxygen atoms in total. The first-order valence-corrected chi connectivity index (χ1v) is 6.40. The minimum Gasteiger partial charge on any atom is -0.487 e. The van der Waals surface area contributed by atoms with E-state index in [1.807, 2.05) is 0 Å². The third-order valence-electron chi connectivity index (χ3n) is 3.01. The fourth-order valence-electron chi connectivity index (χ4n) is 1.66. The molecule has 1 unspecified atom stereocenters. The Bertz CT molecular complexity index is 503. The molecule has 1 atom stereocenters. The summed E-state index contributed by atoms with van der Waals surface area (Å²) in [6.07, 6.45) is 2.21. The second-order valence-corrected chi connectivity index (χ2v) is 5.31. The number of benzene rings is 1. The summed E-state index contributed by atoms with van der Waals surface area (Å²) in [6, 6.07) is 3.61. The molecule has 0 spiro atoms. The molecule has 0 radical (unpaired) electrons. The topological polar surface area (TPSA) is 84.6 Å². The number of ether oxygens (including phenoxy) is 1. The Hall–Kier alpha value is -1.73. The van der Waals surface area contributed by atoms with Crippen molar-refractivity contribution < 1.29 is 19.2 Å². The third kappa shape index (κ3) is 4.14. The molecule has 2 N–H and O–H groups in total. The van der Waals surface area contributed by atoms with E-state index in [0.717, 1.165) is 25.0 Å². The smallest absolute Gasteiger partial charge is 0.272 e. The van der Waals surface area contributed by atoms with Crippen LogP contribution < -0.4 is 10.1 Å². The van der Waals surface area contributed by atoms with Gasteiger partial charge in [0.05, 0.1) is 11.0 Å². The summed E-state index contributed by atoms with van der Waals surface area (Å²) in [6.45, 7) is 1.85. The average Bonchev–Trinajstić information content (AvgIpc) is 3.19. The molecule has 1 saturated carbocycles. The molecular formula is C13H17FN2O4. The maximum Gasteiger partial charge on any atom is 0.272 e. The highest BCUT2D eigenvalue weighted by Crippen LogP contribution is 2.24. The molecule has 1 aliphatic rings. The van der Waals surface area contributed by atoms with Gasteiger partial charge in [-0.3, -0.25) is 10.1 Å². The zero-order valence-electron chi connectivity index (χ0n) is 11.1. The number of nitrogens with zero attached hydrogens (tertiary/aromatic N) is 1. The number of aliphatic hydroxyl groups is 1. The second kappa shape index (κ2) is 5.72. The molecule has 2 rings (SSSR count). The summed E-state index contributed by atoms with van der Waals surface area (Å²) in [5.41, 5.74) is -1.46. The molecule has 0 heterocycles. The lowest BCUT2D eigenvalue weighted by atomic mass is 10.1. The van der Waals surface area contributed by atoms with Crippen LogP contribution in [0.3, 0.4) is 0 Å². The van der Waals surface area contributed by atoms with Gasteiger partial charge in [0.15, 0.2) is 11.6 Å². The first-order valence-electron chi connectivity index (χ1n) is 6.40. The average molecular weight is 284 g/mol. The number of nitro benzene ring substituents is 1. The Morgan fingerprint density at radius 3 is 2.85 bits per heavy atom. The normalized spacial score (nSPS) is 17.6. The SMILES string of the molecule is CC(O)(CNC1CC1)COc1ccc([N+](=O)[O-])cc1F. The Balaban J connectivity index is 1.90. The predicted molar refractivity (Wildman–Crippen MR) is 70.2 cm³/mol. The molecule has 1 aromatic carbocycles. The number of rotatable bonds is 7. The van der Waals surface area contributed by atoms with Crippen molar-refractivity contribution in [1.82, 2.24) is 5.32 Å². The lowest BCUT2D eigenvalue weighted by molar-refractivity contribution is -0.385. The van der Waals surface area contributed by atoms with Crippen molar-refractivity contribution in [2.24, 2.45) is 0 Å². The van der Waals surface area contributed by atoms with Crippen LogP contribution in [0.2, 0.25) is 0 Å². The quantitative estimate of drug-likeness (QED) is 0.587. The highest BCUT2D eigenvalue weighted by molar-refractivity contribution is 5.37. The molecule has 7 heteroatoms. The number of halogens is 1. The van der Waals surface area contributed by atoms with Crippen LogP contribution in [0.4, 0.5) is 10.1 Å². The summed E-state index contributed by atoms with van der Waals surface area (Å²) >= 11 is 0. The van der Waals surface area contributed by atoms with Crippen LogP contribution in [-0.4, -0.2) is 34.8 Å². The van der Waals surface area contributed by atoms with Gasteiger partial charge in [-0.1, -0.05) is 0 Å². The maximum absolute atomic E-state index is 13.6. The van der Waals surface area contributed by atoms with E-state index in [4.69, 9.17) is 4.74 Å². The summed E-state index contributed by atoms with van der Waals surface area (Å²) in [4.78, 5) is 9.81. The van der Waals surface area contributed by atoms with Crippen molar-refractivity contribution in [3.8, 4) is 5.75 Å². The van der Waals surface area contributed by atoms with Gasteiger partial charge in [0, 0.05) is 18.7 Å². The highest BCUT2D eigenvalue weighted by atomic mass is 19.1. The van der Waals surface area contributed by atoms with E-state index < -0.39 is 16.3 Å². The van der Waals surface area contributed by atoms with Crippen molar-refractivity contribution in [2.45, 2.75) is 31.4 Å². The van der Waals surface area contributed by atoms with E-state index in [1.165, 1.54) is 6.07 Å². The van der Waals surface area contributed by atoms with Crippen molar-refractivity contribution in [1.29, 1.82) is 0 Å². The largest absolute Gasteiger partial charge is 0.487 e. The van der Waals surface area contributed by atoms with Crippen LogP contribution in [0.5, 0.6) is 5.75 Å². The van der Waals surface area contributed by atoms with Crippen molar-refractivity contribution in [3.05, 3.63) is 34.1 Å². The third-order valence-corrected chi connectivity index (χ3v) is 3.01. The molecule has 1 aliphatic carbocycles. The predicted octanol–water partition coefficient (Wildman–Crippen LogP) is 1.62. The highest BCUT2D eigenvalue weighted by Gasteiger charge is 2.27. The number of nitro groups is 1.